The van der Waals surface area contributed by atoms with E-state index in [9.17, 15) is 9.59 Å². The minimum Gasteiger partial charge on any atom is -0.368 e. The van der Waals surface area contributed by atoms with Crippen LogP contribution in [-0.4, -0.2) is 24.5 Å². The van der Waals surface area contributed by atoms with Gasteiger partial charge in [-0.2, -0.15) is 0 Å². The van der Waals surface area contributed by atoms with E-state index in [0.29, 0.717) is 19.4 Å². The van der Waals surface area contributed by atoms with Crippen molar-refractivity contribution in [1.82, 2.24) is 5.32 Å². The van der Waals surface area contributed by atoms with Crippen LogP contribution in [0.4, 0.5) is 4.79 Å². The van der Waals surface area contributed by atoms with Gasteiger partial charge in [0, 0.05) is 0 Å². The highest BCUT2D eigenvalue weighted by Crippen LogP contribution is 1.94. The van der Waals surface area contributed by atoms with Gasteiger partial charge in [-0.05, 0) is 19.4 Å². The SMILES string of the molecule is NCCC[C@H](NC(N)=O)C(N)=O. The van der Waals surface area contributed by atoms with Crippen LogP contribution < -0.4 is 22.5 Å². The first-order chi connectivity index (χ1) is 5.57. The number of carbonyl (C=O) groups excluding carboxylic acids is 2. The van der Waals surface area contributed by atoms with Crippen LogP contribution >= 0.6 is 0 Å². The number of rotatable bonds is 5. The van der Waals surface area contributed by atoms with Crippen LogP contribution in [-0.2, 0) is 4.79 Å². The van der Waals surface area contributed by atoms with E-state index in [4.69, 9.17) is 17.2 Å². The Balaban J connectivity index is 3.87. The minimum absolute atomic E-state index is 0.425. The maximum atomic E-state index is 10.7. The summed E-state index contributed by atoms with van der Waals surface area (Å²) in [5.41, 5.74) is 15.0. The molecule has 0 aliphatic heterocycles. The lowest BCUT2D eigenvalue weighted by Gasteiger charge is -2.12. The van der Waals surface area contributed by atoms with Gasteiger partial charge >= 0.3 is 6.03 Å². The molecule has 0 aromatic heterocycles. The maximum Gasteiger partial charge on any atom is 0.312 e. The molecule has 0 aliphatic rings. The average molecular weight is 174 g/mol. The number of hydrogen-bond donors (Lipinski definition) is 4. The Morgan fingerprint density at radius 3 is 2.25 bits per heavy atom. The fourth-order valence-corrected chi connectivity index (χ4v) is 0.779. The second-order valence-corrected chi connectivity index (χ2v) is 2.39. The van der Waals surface area contributed by atoms with Gasteiger partial charge in [0.05, 0.1) is 0 Å². The number of nitrogens with one attached hydrogen (secondary N) is 1. The molecule has 0 saturated carbocycles. The first-order valence-electron chi connectivity index (χ1n) is 3.63. The molecule has 6 nitrogen and oxygen atoms in total. The molecule has 12 heavy (non-hydrogen) atoms. The molecule has 3 amide bonds. The third kappa shape index (κ3) is 4.51. The van der Waals surface area contributed by atoms with Crippen molar-refractivity contribution in [2.75, 3.05) is 6.54 Å². The Morgan fingerprint density at radius 1 is 1.33 bits per heavy atom. The van der Waals surface area contributed by atoms with Crippen molar-refractivity contribution in [3.63, 3.8) is 0 Å². The topological polar surface area (TPSA) is 124 Å². The first-order valence-corrected chi connectivity index (χ1v) is 3.63. The van der Waals surface area contributed by atoms with Crippen LogP contribution in [0.1, 0.15) is 12.8 Å². The van der Waals surface area contributed by atoms with Gasteiger partial charge in [-0.3, -0.25) is 4.79 Å². The summed E-state index contributed by atoms with van der Waals surface area (Å²) in [5.74, 6) is -0.595. The Hall–Kier alpha value is -1.30. The molecule has 6 heteroatoms. The van der Waals surface area contributed by atoms with Crippen molar-refractivity contribution in [1.29, 1.82) is 0 Å². The lowest BCUT2D eigenvalue weighted by atomic mass is 10.1. The van der Waals surface area contributed by atoms with Crippen molar-refractivity contribution in [3.05, 3.63) is 0 Å². The Bertz CT molecular complexity index is 171. The molecule has 0 fully saturated rings. The van der Waals surface area contributed by atoms with Crippen LogP contribution in [0.25, 0.3) is 0 Å². The summed E-state index contributed by atoms with van der Waals surface area (Å²) >= 11 is 0. The predicted octanol–water partition coefficient (Wildman–Crippen LogP) is -1.75. The van der Waals surface area contributed by atoms with Crippen LogP contribution in [0, 0.1) is 0 Å². The van der Waals surface area contributed by atoms with E-state index in [1.165, 1.54) is 0 Å². The number of primary amides is 2. The summed E-state index contributed by atoms with van der Waals surface area (Å²) in [6.45, 7) is 0.449. The molecule has 0 aliphatic carbocycles. The lowest BCUT2D eigenvalue weighted by molar-refractivity contribution is -0.119. The van der Waals surface area contributed by atoms with Crippen molar-refractivity contribution >= 4 is 11.9 Å². The monoisotopic (exact) mass is 174 g/mol. The highest BCUT2D eigenvalue weighted by molar-refractivity contribution is 5.85. The number of carbonyl (C=O) groups is 2. The van der Waals surface area contributed by atoms with E-state index < -0.39 is 18.0 Å². The largest absolute Gasteiger partial charge is 0.368 e. The second-order valence-electron chi connectivity index (χ2n) is 2.39. The molecular formula is C6H14N4O2. The molecule has 0 bridgehead atoms. The highest BCUT2D eigenvalue weighted by Gasteiger charge is 2.15. The van der Waals surface area contributed by atoms with Crippen molar-refractivity contribution in [3.8, 4) is 0 Å². The Morgan fingerprint density at radius 2 is 1.92 bits per heavy atom. The van der Waals surface area contributed by atoms with E-state index in [-0.39, 0.29) is 0 Å². The van der Waals surface area contributed by atoms with Gasteiger partial charge in [0.2, 0.25) is 5.91 Å². The molecule has 1 atom stereocenters. The van der Waals surface area contributed by atoms with Gasteiger partial charge in [0.25, 0.3) is 0 Å². The minimum atomic E-state index is -0.754. The number of nitrogens with two attached hydrogens (primary N) is 3. The summed E-state index contributed by atoms with van der Waals surface area (Å²) in [6.07, 6.45) is 1.04. The summed E-state index contributed by atoms with van der Waals surface area (Å²) in [4.78, 5) is 21.0. The van der Waals surface area contributed by atoms with Gasteiger partial charge in [-0.1, -0.05) is 0 Å². The third-order valence-electron chi connectivity index (χ3n) is 1.36. The lowest BCUT2D eigenvalue weighted by Crippen LogP contribution is -2.46. The highest BCUT2D eigenvalue weighted by atomic mass is 16.2. The van der Waals surface area contributed by atoms with Gasteiger partial charge in [-0.15, -0.1) is 0 Å². The fraction of sp³-hybridized carbons (Fsp3) is 0.667. The standard InChI is InChI=1S/C6H14N4O2/c7-3-1-2-4(5(8)11)10-6(9)12/h4H,1-3,7H2,(H2,8,11)(H3,9,10,12)/t4-/m0/s1. The zero-order valence-electron chi connectivity index (χ0n) is 6.75. The number of amides is 3. The smallest absolute Gasteiger partial charge is 0.312 e. The first kappa shape index (κ1) is 10.7. The molecule has 0 heterocycles. The summed E-state index contributed by atoms with van der Waals surface area (Å²) in [7, 11) is 0. The van der Waals surface area contributed by atoms with E-state index in [1.54, 1.807) is 0 Å². The molecule has 0 radical (unpaired) electrons. The summed E-state index contributed by atoms with van der Waals surface area (Å²) in [5, 5.41) is 2.22. The zero-order chi connectivity index (χ0) is 9.56. The van der Waals surface area contributed by atoms with Gasteiger partial charge in [-0.25, -0.2) is 4.79 Å². The molecule has 0 rings (SSSR count). The summed E-state index contributed by atoms with van der Waals surface area (Å²) < 4.78 is 0. The predicted molar refractivity (Wildman–Crippen MR) is 44.0 cm³/mol. The van der Waals surface area contributed by atoms with E-state index in [1.807, 2.05) is 0 Å². The Labute approximate surface area is 70.5 Å². The molecule has 0 spiro atoms. The second kappa shape index (κ2) is 5.36. The van der Waals surface area contributed by atoms with Gasteiger partial charge in [0.15, 0.2) is 0 Å². The third-order valence-corrected chi connectivity index (χ3v) is 1.36. The number of hydrogen-bond acceptors (Lipinski definition) is 3. The Kier molecular flexibility index (Phi) is 4.78. The molecule has 7 N–H and O–H groups in total. The molecule has 0 aromatic rings. The van der Waals surface area contributed by atoms with Crippen molar-refractivity contribution in [2.45, 2.75) is 18.9 Å². The van der Waals surface area contributed by atoms with Crippen molar-refractivity contribution in [2.24, 2.45) is 17.2 Å². The van der Waals surface area contributed by atoms with Crippen LogP contribution in [0.2, 0.25) is 0 Å². The van der Waals surface area contributed by atoms with E-state index in [2.05, 4.69) is 5.32 Å². The zero-order valence-corrected chi connectivity index (χ0v) is 6.75. The maximum absolute atomic E-state index is 10.7. The molecule has 0 unspecified atom stereocenters. The average Bonchev–Trinajstić information content (AvgIpc) is 1.96. The normalized spacial score (nSPS) is 12.1. The molecule has 0 saturated heterocycles. The van der Waals surface area contributed by atoms with E-state index >= 15 is 0 Å². The van der Waals surface area contributed by atoms with Gasteiger partial charge in [0.1, 0.15) is 6.04 Å². The fourth-order valence-electron chi connectivity index (χ4n) is 0.779. The van der Waals surface area contributed by atoms with Crippen LogP contribution in [0.3, 0.4) is 0 Å². The summed E-state index contributed by atoms with van der Waals surface area (Å²) in [6, 6.07) is -1.46. The van der Waals surface area contributed by atoms with Gasteiger partial charge < -0.3 is 22.5 Å². The molecule has 0 aromatic carbocycles. The number of urea groups is 1. The van der Waals surface area contributed by atoms with Crippen LogP contribution in [0.5, 0.6) is 0 Å². The quantitative estimate of drug-likeness (QED) is 0.395. The molecule has 70 valence electrons. The van der Waals surface area contributed by atoms with Crippen LogP contribution in [0.15, 0.2) is 0 Å². The van der Waals surface area contributed by atoms with E-state index in [0.717, 1.165) is 0 Å². The van der Waals surface area contributed by atoms with Crippen molar-refractivity contribution < 1.29 is 9.59 Å². The molecular weight excluding hydrogens is 160 g/mol.